The summed E-state index contributed by atoms with van der Waals surface area (Å²) in [5.41, 5.74) is 11.1. The third-order valence-electron chi connectivity index (χ3n) is 10.5. The number of rotatable bonds is 5. The van der Waals surface area contributed by atoms with Crippen LogP contribution in [0.3, 0.4) is 0 Å². The summed E-state index contributed by atoms with van der Waals surface area (Å²) in [4.78, 5) is 10.3. The number of benzene rings is 6. The summed E-state index contributed by atoms with van der Waals surface area (Å²) < 4.78 is 4.24. The van der Waals surface area contributed by atoms with E-state index >= 15 is 0 Å². The van der Waals surface area contributed by atoms with E-state index in [0.29, 0.717) is 28.3 Å². The van der Waals surface area contributed by atoms with Crippen molar-refractivity contribution in [2.75, 3.05) is 0 Å². The van der Waals surface area contributed by atoms with E-state index in [2.05, 4.69) is 81.9 Å². The Morgan fingerprint density at radius 2 is 0.929 bits per heavy atom. The van der Waals surface area contributed by atoms with E-state index in [1.807, 2.05) is 109 Å². The van der Waals surface area contributed by atoms with Crippen LogP contribution in [-0.2, 0) is 0 Å². The van der Waals surface area contributed by atoms with Gasteiger partial charge in [-0.2, -0.15) is 15.8 Å². The van der Waals surface area contributed by atoms with Gasteiger partial charge in [-0.1, -0.05) is 78.9 Å². The summed E-state index contributed by atoms with van der Waals surface area (Å²) >= 11 is 0. The molecule has 0 radical (unpaired) electrons. The van der Waals surface area contributed by atoms with Crippen molar-refractivity contribution in [3.8, 4) is 63.2 Å². The Hall–Kier alpha value is -8.31. The molecule has 258 valence electrons. The SMILES string of the molecule is N#Cc1cccc(-c2ccccc2-c2ccccc2-c2cc(-n3c4ccc(C#N)cc4c4cc(C#N)ccc43)nc(-n3c4ccccc4c4cccnc43)c2)c1. The van der Waals surface area contributed by atoms with Gasteiger partial charge in [0.1, 0.15) is 17.3 Å². The van der Waals surface area contributed by atoms with Crippen molar-refractivity contribution in [3.05, 3.63) is 181 Å². The highest BCUT2D eigenvalue weighted by molar-refractivity contribution is 6.10. The number of fused-ring (bicyclic) bond motifs is 6. The van der Waals surface area contributed by atoms with Gasteiger partial charge >= 0.3 is 0 Å². The summed E-state index contributed by atoms with van der Waals surface area (Å²) in [5, 5.41) is 33.3. The van der Waals surface area contributed by atoms with Crippen molar-refractivity contribution in [3.63, 3.8) is 0 Å². The lowest BCUT2D eigenvalue weighted by Crippen LogP contribution is -2.05. The predicted molar refractivity (Wildman–Crippen MR) is 221 cm³/mol. The highest BCUT2D eigenvalue weighted by Gasteiger charge is 2.21. The lowest BCUT2D eigenvalue weighted by atomic mass is 9.89. The van der Waals surface area contributed by atoms with Gasteiger partial charge in [0, 0.05) is 27.7 Å². The Morgan fingerprint density at radius 3 is 1.59 bits per heavy atom. The Labute approximate surface area is 321 Å². The van der Waals surface area contributed by atoms with Gasteiger partial charge in [0.05, 0.1) is 51.4 Å². The van der Waals surface area contributed by atoms with Crippen LogP contribution < -0.4 is 0 Å². The molecule has 56 heavy (non-hydrogen) atoms. The van der Waals surface area contributed by atoms with Crippen LogP contribution in [0.1, 0.15) is 16.7 Å². The van der Waals surface area contributed by atoms with E-state index in [4.69, 9.17) is 9.97 Å². The fraction of sp³-hybridized carbons (Fsp3) is 0. The molecule has 0 aliphatic heterocycles. The molecule has 0 unspecified atom stereocenters. The number of hydrogen-bond acceptors (Lipinski definition) is 5. The van der Waals surface area contributed by atoms with Gasteiger partial charge in [0.2, 0.25) is 0 Å². The van der Waals surface area contributed by atoms with Crippen molar-refractivity contribution in [1.82, 2.24) is 19.1 Å². The molecule has 7 nitrogen and oxygen atoms in total. The largest absolute Gasteiger partial charge is 0.294 e. The first-order valence-electron chi connectivity index (χ1n) is 18.1. The van der Waals surface area contributed by atoms with Crippen LogP contribution in [0.2, 0.25) is 0 Å². The standard InChI is InChI=1S/C49H27N7/c50-28-31-9-7-10-34(23-31)36-11-1-3-13-38(36)39-14-4-2-12-37(39)35-26-47(54-48(27-35)56-44-17-6-5-15-40(44)41-16-8-22-53-49(41)56)55-45-20-18-32(29-51)24-42(45)43-25-33(30-52)19-21-46(43)55/h1-27H. The molecule has 0 N–H and O–H groups in total. The number of aromatic nitrogens is 4. The van der Waals surface area contributed by atoms with Gasteiger partial charge in [-0.25, -0.2) is 9.97 Å². The highest BCUT2D eigenvalue weighted by Crippen LogP contribution is 2.41. The maximum absolute atomic E-state index is 9.87. The molecule has 0 aliphatic rings. The lowest BCUT2D eigenvalue weighted by Gasteiger charge is -2.18. The molecule has 6 aromatic carbocycles. The number of nitrogens with zero attached hydrogens (tertiary/aromatic N) is 7. The van der Waals surface area contributed by atoms with Gasteiger partial charge in [0.25, 0.3) is 0 Å². The molecule has 0 fully saturated rings. The average molecular weight is 714 g/mol. The van der Waals surface area contributed by atoms with Gasteiger partial charge in [-0.15, -0.1) is 0 Å². The smallest absolute Gasteiger partial charge is 0.146 e. The van der Waals surface area contributed by atoms with Crippen LogP contribution in [0.4, 0.5) is 0 Å². The molecule has 0 aliphatic carbocycles. The van der Waals surface area contributed by atoms with Crippen molar-refractivity contribution in [2.45, 2.75) is 0 Å². The fourth-order valence-electron chi connectivity index (χ4n) is 8.02. The normalized spacial score (nSPS) is 11.2. The van der Waals surface area contributed by atoms with Crippen LogP contribution in [0, 0.1) is 34.0 Å². The van der Waals surface area contributed by atoms with Crippen LogP contribution in [0.25, 0.3) is 88.8 Å². The highest BCUT2D eigenvalue weighted by atomic mass is 15.2. The van der Waals surface area contributed by atoms with Gasteiger partial charge in [-0.05, 0) is 112 Å². The van der Waals surface area contributed by atoms with Crippen LogP contribution in [-0.4, -0.2) is 19.1 Å². The number of hydrogen-bond donors (Lipinski definition) is 0. The molecule has 7 heteroatoms. The zero-order chi connectivity index (χ0) is 37.8. The van der Waals surface area contributed by atoms with E-state index in [1.54, 1.807) is 0 Å². The molecule has 4 heterocycles. The van der Waals surface area contributed by atoms with Crippen molar-refractivity contribution < 1.29 is 0 Å². The fourth-order valence-corrected chi connectivity index (χ4v) is 8.02. The zero-order valence-corrected chi connectivity index (χ0v) is 29.7. The van der Waals surface area contributed by atoms with E-state index in [9.17, 15) is 15.8 Å². The average Bonchev–Trinajstić information content (AvgIpc) is 3.78. The molecule has 0 atom stereocenters. The molecular weight excluding hydrogens is 687 g/mol. The van der Waals surface area contributed by atoms with Gasteiger partial charge in [0.15, 0.2) is 0 Å². The first-order valence-corrected chi connectivity index (χ1v) is 18.1. The summed E-state index contributed by atoms with van der Waals surface area (Å²) in [6.45, 7) is 0. The van der Waals surface area contributed by atoms with Crippen LogP contribution in [0.5, 0.6) is 0 Å². The third-order valence-corrected chi connectivity index (χ3v) is 10.5. The predicted octanol–water partition coefficient (Wildman–Crippen LogP) is 11.3. The Kier molecular flexibility index (Phi) is 7.49. The van der Waals surface area contributed by atoms with Gasteiger partial charge in [-0.3, -0.25) is 9.13 Å². The number of nitriles is 3. The van der Waals surface area contributed by atoms with Gasteiger partial charge < -0.3 is 0 Å². The lowest BCUT2D eigenvalue weighted by molar-refractivity contribution is 1.00. The second kappa shape index (κ2) is 13.0. The van der Waals surface area contributed by atoms with Crippen molar-refractivity contribution >= 4 is 43.7 Å². The zero-order valence-electron chi connectivity index (χ0n) is 29.7. The maximum Gasteiger partial charge on any atom is 0.146 e. The number of pyridine rings is 2. The van der Waals surface area contributed by atoms with Crippen LogP contribution in [0.15, 0.2) is 164 Å². The molecule has 0 saturated carbocycles. The minimum atomic E-state index is 0.533. The van der Waals surface area contributed by atoms with E-state index in [1.165, 1.54) is 0 Å². The van der Waals surface area contributed by atoms with E-state index in [-0.39, 0.29) is 0 Å². The molecule has 0 amide bonds. The maximum atomic E-state index is 9.87. The molecule has 0 bridgehead atoms. The summed E-state index contributed by atoms with van der Waals surface area (Å²) in [6.07, 6.45) is 1.81. The van der Waals surface area contributed by atoms with Crippen LogP contribution >= 0.6 is 0 Å². The summed E-state index contributed by atoms with van der Waals surface area (Å²) in [7, 11) is 0. The number of para-hydroxylation sites is 1. The first kappa shape index (κ1) is 32.3. The summed E-state index contributed by atoms with van der Waals surface area (Å²) in [5.74, 6) is 1.35. The molecule has 10 rings (SSSR count). The summed E-state index contributed by atoms with van der Waals surface area (Å²) in [6, 6.07) is 59.1. The Balaban J connectivity index is 1.30. The topological polar surface area (TPSA) is 107 Å². The monoisotopic (exact) mass is 713 g/mol. The van der Waals surface area contributed by atoms with Crippen molar-refractivity contribution in [2.24, 2.45) is 0 Å². The molecule has 0 saturated heterocycles. The quantitative estimate of drug-likeness (QED) is 0.176. The molecule has 0 spiro atoms. The van der Waals surface area contributed by atoms with E-state index in [0.717, 1.165) is 77.1 Å². The minimum absolute atomic E-state index is 0.533. The first-order chi connectivity index (χ1) is 27.6. The van der Waals surface area contributed by atoms with E-state index < -0.39 is 0 Å². The Morgan fingerprint density at radius 1 is 0.393 bits per heavy atom. The third kappa shape index (κ3) is 5.11. The second-order valence-electron chi connectivity index (χ2n) is 13.6. The minimum Gasteiger partial charge on any atom is -0.294 e. The second-order valence-corrected chi connectivity index (χ2v) is 13.6. The Bertz CT molecular complexity index is 3240. The van der Waals surface area contributed by atoms with Crippen molar-refractivity contribution in [1.29, 1.82) is 15.8 Å². The molecule has 4 aromatic heterocycles. The molecular formula is C49H27N7. The molecule has 10 aromatic rings.